The van der Waals surface area contributed by atoms with Crippen molar-refractivity contribution in [1.29, 1.82) is 0 Å². The molecule has 0 amide bonds. The maximum absolute atomic E-state index is 5.63. The summed E-state index contributed by atoms with van der Waals surface area (Å²) in [5, 5.41) is 3.46. The summed E-state index contributed by atoms with van der Waals surface area (Å²) >= 11 is 1.98. The van der Waals surface area contributed by atoms with Gasteiger partial charge in [-0.25, -0.2) is 0 Å². The molecular weight excluding hydrogens is 254 g/mol. The van der Waals surface area contributed by atoms with Crippen LogP contribution in [0.25, 0.3) is 0 Å². The van der Waals surface area contributed by atoms with E-state index in [0.717, 1.165) is 24.6 Å². The lowest BCUT2D eigenvalue weighted by Gasteiger charge is -2.17. The predicted octanol–water partition coefficient (Wildman–Crippen LogP) is 3.87. The number of thioether (sulfide) groups is 1. The monoisotopic (exact) mass is 279 g/mol. The molecule has 1 N–H and O–H groups in total. The first kappa shape index (κ1) is 16.1. The van der Waals surface area contributed by atoms with E-state index in [1.165, 1.54) is 5.56 Å². The van der Waals surface area contributed by atoms with E-state index in [1.54, 1.807) is 6.08 Å². The lowest BCUT2D eigenvalue weighted by atomic mass is 10.2. The maximum Gasteiger partial charge on any atom is 0.124 e. The van der Waals surface area contributed by atoms with Gasteiger partial charge in [0.15, 0.2) is 0 Å². The highest BCUT2D eigenvalue weighted by molar-refractivity contribution is 8.00. The second kappa shape index (κ2) is 8.28. The number of para-hydroxylation sites is 1. The van der Waals surface area contributed by atoms with Crippen LogP contribution < -0.4 is 10.1 Å². The van der Waals surface area contributed by atoms with E-state index < -0.39 is 0 Å². The second-order valence-electron chi connectivity index (χ2n) is 5.35. The van der Waals surface area contributed by atoms with Gasteiger partial charge in [0.25, 0.3) is 0 Å². The van der Waals surface area contributed by atoms with E-state index in [4.69, 9.17) is 4.74 Å². The summed E-state index contributed by atoms with van der Waals surface area (Å²) in [6, 6.07) is 8.14. The number of hydrogen-bond donors (Lipinski definition) is 1. The molecule has 0 spiro atoms. The third kappa shape index (κ3) is 7.28. The van der Waals surface area contributed by atoms with Crippen LogP contribution in [0.2, 0.25) is 0 Å². The van der Waals surface area contributed by atoms with Crippen molar-refractivity contribution in [1.82, 2.24) is 5.32 Å². The van der Waals surface area contributed by atoms with Crippen molar-refractivity contribution in [2.24, 2.45) is 0 Å². The fourth-order valence-electron chi connectivity index (χ4n) is 1.59. The average Bonchev–Trinajstić information content (AvgIpc) is 2.36. The predicted molar refractivity (Wildman–Crippen MR) is 86.1 cm³/mol. The van der Waals surface area contributed by atoms with Gasteiger partial charge in [0, 0.05) is 29.2 Å². The summed E-state index contributed by atoms with van der Waals surface area (Å²) < 4.78 is 5.97. The number of nitrogens with one attached hydrogen (secondary N) is 1. The van der Waals surface area contributed by atoms with Crippen LogP contribution in [0.5, 0.6) is 5.75 Å². The SMILES string of the molecule is C=CCOc1ccccc1CNCCSC(C)(C)C. The third-order valence-corrected chi connectivity index (χ3v) is 3.73. The molecule has 0 saturated heterocycles. The molecule has 3 heteroatoms. The Hall–Kier alpha value is -0.930. The number of benzene rings is 1. The molecule has 106 valence electrons. The van der Waals surface area contributed by atoms with Gasteiger partial charge in [0.05, 0.1) is 0 Å². The minimum atomic E-state index is 0.340. The van der Waals surface area contributed by atoms with Gasteiger partial charge in [-0.15, -0.1) is 0 Å². The van der Waals surface area contributed by atoms with Gasteiger partial charge < -0.3 is 10.1 Å². The van der Waals surface area contributed by atoms with Gasteiger partial charge in [0.2, 0.25) is 0 Å². The summed E-state index contributed by atoms with van der Waals surface area (Å²) in [4.78, 5) is 0. The van der Waals surface area contributed by atoms with Crippen LogP contribution in [0.4, 0.5) is 0 Å². The second-order valence-corrected chi connectivity index (χ2v) is 7.27. The van der Waals surface area contributed by atoms with Crippen LogP contribution in [0.15, 0.2) is 36.9 Å². The van der Waals surface area contributed by atoms with Crippen molar-refractivity contribution in [2.75, 3.05) is 18.9 Å². The third-order valence-electron chi connectivity index (χ3n) is 2.46. The van der Waals surface area contributed by atoms with Gasteiger partial charge in [0.1, 0.15) is 12.4 Å². The van der Waals surface area contributed by atoms with Gasteiger partial charge in [-0.2, -0.15) is 11.8 Å². The summed E-state index contributed by atoms with van der Waals surface area (Å²) in [6.07, 6.45) is 1.77. The highest BCUT2D eigenvalue weighted by Crippen LogP contribution is 2.22. The Bertz CT molecular complexity index is 385. The molecule has 0 heterocycles. The molecule has 0 atom stereocenters. The van der Waals surface area contributed by atoms with Gasteiger partial charge >= 0.3 is 0 Å². The molecule has 0 aliphatic rings. The lowest BCUT2D eigenvalue weighted by Crippen LogP contribution is -2.20. The first-order valence-electron chi connectivity index (χ1n) is 6.69. The Labute approximate surface area is 121 Å². The highest BCUT2D eigenvalue weighted by Gasteiger charge is 2.09. The number of hydrogen-bond acceptors (Lipinski definition) is 3. The molecule has 0 bridgehead atoms. The first-order valence-corrected chi connectivity index (χ1v) is 7.68. The largest absolute Gasteiger partial charge is 0.489 e. The van der Waals surface area contributed by atoms with Crippen molar-refractivity contribution in [2.45, 2.75) is 32.1 Å². The van der Waals surface area contributed by atoms with Gasteiger partial charge in [-0.1, -0.05) is 51.6 Å². The van der Waals surface area contributed by atoms with Crippen molar-refractivity contribution in [3.8, 4) is 5.75 Å². The fourth-order valence-corrected chi connectivity index (χ4v) is 2.45. The molecule has 1 aromatic rings. The fraction of sp³-hybridized carbons (Fsp3) is 0.500. The van der Waals surface area contributed by atoms with E-state index in [-0.39, 0.29) is 0 Å². The van der Waals surface area contributed by atoms with E-state index >= 15 is 0 Å². The minimum absolute atomic E-state index is 0.340. The van der Waals surface area contributed by atoms with Crippen LogP contribution in [0.3, 0.4) is 0 Å². The van der Waals surface area contributed by atoms with Crippen LogP contribution >= 0.6 is 11.8 Å². The van der Waals surface area contributed by atoms with E-state index in [9.17, 15) is 0 Å². The van der Waals surface area contributed by atoms with Crippen molar-refractivity contribution < 1.29 is 4.74 Å². The maximum atomic E-state index is 5.63. The number of ether oxygens (including phenoxy) is 1. The van der Waals surface area contributed by atoms with Crippen molar-refractivity contribution >= 4 is 11.8 Å². The summed E-state index contributed by atoms with van der Waals surface area (Å²) in [5.74, 6) is 2.07. The zero-order valence-electron chi connectivity index (χ0n) is 12.2. The highest BCUT2D eigenvalue weighted by atomic mass is 32.2. The van der Waals surface area contributed by atoms with Gasteiger partial charge in [-0.05, 0) is 6.07 Å². The molecule has 1 aromatic carbocycles. The molecule has 0 radical (unpaired) electrons. The van der Waals surface area contributed by atoms with Crippen LogP contribution in [0, 0.1) is 0 Å². The number of rotatable bonds is 8. The van der Waals surface area contributed by atoms with Crippen molar-refractivity contribution in [3.05, 3.63) is 42.5 Å². The Kier molecular flexibility index (Phi) is 7.03. The summed E-state index contributed by atoms with van der Waals surface area (Å²) in [7, 11) is 0. The molecule has 1 rings (SSSR count). The molecule has 0 aliphatic carbocycles. The quantitative estimate of drug-likeness (QED) is 0.576. The Morgan fingerprint density at radius 1 is 1.32 bits per heavy atom. The van der Waals surface area contributed by atoms with Crippen LogP contribution in [0.1, 0.15) is 26.3 Å². The van der Waals surface area contributed by atoms with E-state index in [2.05, 4.69) is 38.7 Å². The molecule has 0 unspecified atom stereocenters. The minimum Gasteiger partial charge on any atom is -0.489 e. The topological polar surface area (TPSA) is 21.3 Å². The lowest BCUT2D eigenvalue weighted by molar-refractivity contribution is 0.358. The molecule has 19 heavy (non-hydrogen) atoms. The van der Waals surface area contributed by atoms with Crippen LogP contribution in [-0.4, -0.2) is 23.7 Å². The van der Waals surface area contributed by atoms with Crippen molar-refractivity contribution in [3.63, 3.8) is 0 Å². The Morgan fingerprint density at radius 2 is 2.05 bits per heavy atom. The standard InChI is InChI=1S/C16H25NOS/c1-5-11-18-15-9-7-6-8-14(15)13-17-10-12-19-16(2,3)4/h5-9,17H,1,10-13H2,2-4H3. The smallest absolute Gasteiger partial charge is 0.124 e. The average molecular weight is 279 g/mol. The Morgan fingerprint density at radius 3 is 2.74 bits per heavy atom. The molecular formula is C16H25NOS. The Balaban J connectivity index is 2.34. The normalized spacial score (nSPS) is 11.3. The van der Waals surface area contributed by atoms with Crippen LogP contribution in [-0.2, 0) is 6.54 Å². The van der Waals surface area contributed by atoms with Gasteiger partial charge in [-0.3, -0.25) is 0 Å². The zero-order chi connectivity index (χ0) is 14.1. The molecule has 0 aromatic heterocycles. The zero-order valence-corrected chi connectivity index (χ0v) is 13.1. The molecule has 0 saturated carbocycles. The molecule has 0 fully saturated rings. The summed E-state index contributed by atoms with van der Waals surface area (Å²) in [5.41, 5.74) is 1.20. The summed E-state index contributed by atoms with van der Waals surface area (Å²) in [6.45, 7) is 12.8. The first-order chi connectivity index (χ1) is 9.03. The van der Waals surface area contributed by atoms with E-state index in [1.807, 2.05) is 30.0 Å². The van der Waals surface area contributed by atoms with E-state index in [0.29, 0.717) is 11.4 Å². The molecule has 2 nitrogen and oxygen atoms in total. The molecule has 0 aliphatic heterocycles.